The fourth-order valence-electron chi connectivity index (χ4n) is 2.14. The van der Waals surface area contributed by atoms with Crippen LogP contribution in [0, 0.1) is 0 Å². The third-order valence-corrected chi connectivity index (χ3v) is 5.23. The van der Waals surface area contributed by atoms with E-state index in [1.807, 2.05) is 25.1 Å². The van der Waals surface area contributed by atoms with E-state index < -0.39 is 10.0 Å². The molecule has 1 aliphatic rings. The summed E-state index contributed by atoms with van der Waals surface area (Å²) in [5.41, 5.74) is 0.745. The van der Waals surface area contributed by atoms with Gasteiger partial charge < -0.3 is 5.32 Å². The van der Waals surface area contributed by atoms with E-state index in [0.29, 0.717) is 12.8 Å². The Labute approximate surface area is 108 Å². The molecule has 6 heteroatoms. The number of hydrogen-bond acceptors (Lipinski definition) is 4. The summed E-state index contributed by atoms with van der Waals surface area (Å²) in [6.45, 7) is 3.36. The number of pyridine rings is 1. The van der Waals surface area contributed by atoms with E-state index in [9.17, 15) is 8.42 Å². The minimum Gasteiger partial charge on any atom is -0.317 e. The Hall–Kier alpha value is -0.980. The summed E-state index contributed by atoms with van der Waals surface area (Å²) in [6.07, 6.45) is 3.01. The third kappa shape index (κ3) is 3.28. The van der Waals surface area contributed by atoms with Crippen molar-refractivity contribution < 1.29 is 8.42 Å². The number of aromatic nitrogens is 1. The average molecular weight is 269 g/mol. The van der Waals surface area contributed by atoms with Gasteiger partial charge in [0.2, 0.25) is 10.0 Å². The average Bonchev–Trinajstić information content (AvgIpc) is 2.40. The summed E-state index contributed by atoms with van der Waals surface area (Å²) in [5, 5.41) is 2.88. The highest BCUT2D eigenvalue weighted by atomic mass is 32.2. The fraction of sp³-hybridized carbons (Fsp3) is 0.583. The van der Waals surface area contributed by atoms with Crippen molar-refractivity contribution in [2.24, 2.45) is 0 Å². The molecule has 1 aromatic heterocycles. The van der Waals surface area contributed by atoms with E-state index in [4.69, 9.17) is 0 Å². The molecule has 1 saturated heterocycles. The molecule has 0 bridgehead atoms. The number of hydrogen-bond donors (Lipinski definition) is 2. The minimum absolute atomic E-state index is 0.286. The predicted molar refractivity (Wildman–Crippen MR) is 70.6 cm³/mol. The summed E-state index contributed by atoms with van der Waals surface area (Å²) in [4.78, 5) is 4.17. The van der Waals surface area contributed by atoms with Crippen molar-refractivity contribution in [3.05, 3.63) is 30.1 Å². The lowest BCUT2D eigenvalue weighted by atomic mass is 10.2. The highest BCUT2D eigenvalue weighted by Crippen LogP contribution is 2.16. The largest absolute Gasteiger partial charge is 0.317 e. The molecule has 2 N–H and O–H groups in total. The van der Waals surface area contributed by atoms with Crippen LogP contribution in [-0.2, 0) is 10.0 Å². The molecule has 0 aliphatic carbocycles. The molecule has 0 radical (unpaired) electrons. The molecule has 5 nitrogen and oxygen atoms in total. The van der Waals surface area contributed by atoms with Crippen molar-refractivity contribution in [3.63, 3.8) is 0 Å². The van der Waals surface area contributed by atoms with Crippen molar-refractivity contribution in [1.82, 2.24) is 15.0 Å². The van der Waals surface area contributed by atoms with Gasteiger partial charge in [-0.15, -0.1) is 0 Å². The smallest absolute Gasteiger partial charge is 0.215 e. The first-order valence-electron chi connectivity index (χ1n) is 6.22. The molecule has 2 rings (SSSR count). The molecule has 18 heavy (non-hydrogen) atoms. The van der Waals surface area contributed by atoms with Crippen LogP contribution in [0.4, 0.5) is 0 Å². The summed E-state index contributed by atoms with van der Waals surface area (Å²) < 4.78 is 27.1. The van der Waals surface area contributed by atoms with Crippen LogP contribution < -0.4 is 10.0 Å². The first kappa shape index (κ1) is 13.5. The maximum atomic E-state index is 12.2. The zero-order chi connectivity index (χ0) is 13.0. The van der Waals surface area contributed by atoms with Gasteiger partial charge >= 0.3 is 0 Å². The SMILES string of the molecule is CC(NS(=O)(=O)C1CCNCC1)c1ccccn1. The molecular weight excluding hydrogens is 250 g/mol. The highest BCUT2D eigenvalue weighted by Gasteiger charge is 2.28. The van der Waals surface area contributed by atoms with Crippen LogP contribution >= 0.6 is 0 Å². The van der Waals surface area contributed by atoms with Crippen LogP contribution in [0.3, 0.4) is 0 Å². The second-order valence-electron chi connectivity index (χ2n) is 4.59. The Morgan fingerprint density at radius 1 is 1.39 bits per heavy atom. The molecule has 1 aromatic rings. The number of nitrogens with zero attached hydrogens (tertiary/aromatic N) is 1. The Bertz CT molecular complexity index is 469. The summed E-state index contributed by atoms with van der Waals surface area (Å²) >= 11 is 0. The Morgan fingerprint density at radius 2 is 2.11 bits per heavy atom. The first-order chi connectivity index (χ1) is 8.59. The Kier molecular flexibility index (Phi) is 4.31. The monoisotopic (exact) mass is 269 g/mol. The van der Waals surface area contributed by atoms with Gasteiger partial charge in [-0.1, -0.05) is 6.07 Å². The van der Waals surface area contributed by atoms with Crippen LogP contribution in [0.1, 0.15) is 31.5 Å². The molecule has 100 valence electrons. The second-order valence-corrected chi connectivity index (χ2v) is 6.58. The van der Waals surface area contributed by atoms with Gasteiger partial charge in [0.05, 0.1) is 17.0 Å². The minimum atomic E-state index is -3.26. The number of nitrogens with one attached hydrogen (secondary N) is 2. The maximum Gasteiger partial charge on any atom is 0.215 e. The first-order valence-corrected chi connectivity index (χ1v) is 7.77. The molecule has 0 saturated carbocycles. The van der Waals surface area contributed by atoms with Crippen molar-refractivity contribution in [3.8, 4) is 0 Å². The van der Waals surface area contributed by atoms with Crippen molar-refractivity contribution in [2.75, 3.05) is 13.1 Å². The van der Waals surface area contributed by atoms with E-state index in [0.717, 1.165) is 18.8 Å². The van der Waals surface area contributed by atoms with Gasteiger partial charge in [-0.25, -0.2) is 13.1 Å². The van der Waals surface area contributed by atoms with Gasteiger partial charge in [-0.3, -0.25) is 4.98 Å². The van der Waals surface area contributed by atoms with Gasteiger partial charge in [-0.2, -0.15) is 0 Å². The molecule has 0 spiro atoms. The normalized spacial score (nSPS) is 19.6. The lowest BCUT2D eigenvalue weighted by Crippen LogP contribution is -2.42. The van der Waals surface area contributed by atoms with E-state index in [2.05, 4.69) is 15.0 Å². The van der Waals surface area contributed by atoms with Crippen molar-refractivity contribution >= 4 is 10.0 Å². The van der Waals surface area contributed by atoms with E-state index >= 15 is 0 Å². The van der Waals surface area contributed by atoms with Crippen LogP contribution in [0.5, 0.6) is 0 Å². The van der Waals surface area contributed by atoms with Crippen LogP contribution in [0.2, 0.25) is 0 Å². The maximum absolute atomic E-state index is 12.2. The molecule has 1 fully saturated rings. The van der Waals surface area contributed by atoms with Gasteiger partial charge in [0.15, 0.2) is 0 Å². The van der Waals surface area contributed by atoms with Crippen LogP contribution in [0.25, 0.3) is 0 Å². The molecule has 0 amide bonds. The molecular formula is C12H19N3O2S. The van der Waals surface area contributed by atoms with Gasteiger partial charge in [0.25, 0.3) is 0 Å². The third-order valence-electron chi connectivity index (χ3n) is 3.20. The molecule has 1 unspecified atom stereocenters. The standard InChI is InChI=1S/C12H19N3O2S/c1-10(12-4-2-3-7-14-12)15-18(16,17)11-5-8-13-9-6-11/h2-4,7,10-11,13,15H,5-6,8-9H2,1H3. The van der Waals surface area contributed by atoms with Crippen LogP contribution in [0.15, 0.2) is 24.4 Å². The van der Waals surface area contributed by atoms with Gasteiger partial charge in [-0.05, 0) is 45.0 Å². The molecule has 1 atom stereocenters. The van der Waals surface area contributed by atoms with E-state index in [1.54, 1.807) is 6.20 Å². The second kappa shape index (κ2) is 5.77. The van der Waals surface area contributed by atoms with E-state index in [-0.39, 0.29) is 11.3 Å². The van der Waals surface area contributed by atoms with Crippen LogP contribution in [-0.4, -0.2) is 31.7 Å². The lowest BCUT2D eigenvalue weighted by molar-refractivity contribution is 0.483. The van der Waals surface area contributed by atoms with E-state index in [1.165, 1.54) is 0 Å². The Morgan fingerprint density at radius 3 is 2.72 bits per heavy atom. The number of piperidine rings is 1. The quantitative estimate of drug-likeness (QED) is 0.848. The zero-order valence-corrected chi connectivity index (χ0v) is 11.3. The topological polar surface area (TPSA) is 71.1 Å². The summed E-state index contributed by atoms with van der Waals surface area (Å²) in [5.74, 6) is 0. The van der Waals surface area contributed by atoms with Gasteiger partial charge in [0, 0.05) is 6.20 Å². The zero-order valence-electron chi connectivity index (χ0n) is 10.5. The van der Waals surface area contributed by atoms with Crippen molar-refractivity contribution in [2.45, 2.75) is 31.1 Å². The fourth-order valence-corrected chi connectivity index (χ4v) is 3.80. The number of rotatable bonds is 4. The molecule has 1 aliphatic heterocycles. The number of sulfonamides is 1. The van der Waals surface area contributed by atoms with Gasteiger partial charge in [0.1, 0.15) is 0 Å². The van der Waals surface area contributed by atoms with Crippen molar-refractivity contribution in [1.29, 1.82) is 0 Å². The lowest BCUT2D eigenvalue weighted by Gasteiger charge is -2.24. The summed E-state index contributed by atoms with van der Waals surface area (Å²) in [7, 11) is -3.26. The predicted octanol–water partition coefficient (Wildman–Crippen LogP) is 0.814. The molecule has 2 heterocycles. The highest BCUT2D eigenvalue weighted by molar-refractivity contribution is 7.90. The summed E-state index contributed by atoms with van der Waals surface area (Å²) in [6, 6.07) is 5.22. The Balaban J connectivity index is 2.03. The molecule has 0 aromatic carbocycles.